The van der Waals surface area contributed by atoms with Crippen molar-refractivity contribution in [3.05, 3.63) is 35.0 Å². The molecule has 1 N–H and O–H groups in total. The Morgan fingerprint density at radius 1 is 1.38 bits per heavy atom. The zero-order valence-corrected chi connectivity index (χ0v) is 12.1. The summed E-state index contributed by atoms with van der Waals surface area (Å²) in [5, 5.41) is 4.36. The van der Waals surface area contributed by atoms with E-state index in [1.807, 2.05) is 18.2 Å². The highest BCUT2D eigenvalue weighted by atomic mass is 35.5. The van der Waals surface area contributed by atoms with Crippen molar-refractivity contribution in [1.29, 1.82) is 0 Å². The number of benzene rings is 1. The van der Waals surface area contributed by atoms with Gasteiger partial charge in [-0.1, -0.05) is 23.7 Å². The molecule has 1 aromatic carbocycles. The smallest absolute Gasteiger partial charge is 0.411 e. The highest BCUT2D eigenvalue weighted by Crippen LogP contribution is 2.30. The molecule has 116 valence electrons. The van der Waals surface area contributed by atoms with Crippen LogP contribution in [0, 0.1) is 0 Å². The van der Waals surface area contributed by atoms with Crippen LogP contribution in [0.15, 0.2) is 28.7 Å². The van der Waals surface area contributed by atoms with E-state index in [0.29, 0.717) is 22.8 Å². The molecule has 1 heterocycles. The van der Waals surface area contributed by atoms with Gasteiger partial charge in [-0.15, -0.1) is 0 Å². The van der Waals surface area contributed by atoms with Gasteiger partial charge < -0.3 is 14.5 Å². The molecule has 7 heteroatoms. The van der Waals surface area contributed by atoms with Crippen molar-refractivity contribution < 1.29 is 22.3 Å². The SMILES string of the molecule is CNC(CCOCC(F)(F)F)c1cc2cccc(Cl)c2o1. The topological polar surface area (TPSA) is 34.4 Å². The molecule has 21 heavy (non-hydrogen) atoms. The molecule has 0 saturated heterocycles. The molecule has 2 rings (SSSR count). The van der Waals surface area contributed by atoms with E-state index in [0.717, 1.165) is 5.39 Å². The fourth-order valence-corrected chi connectivity index (χ4v) is 2.26. The number of halogens is 4. The molecule has 1 aromatic heterocycles. The van der Waals surface area contributed by atoms with Crippen molar-refractivity contribution >= 4 is 22.6 Å². The number of hydrogen-bond donors (Lipinski definition) is 1. The maximum absolute atomic E-state index is 12.0. The Hall–Kier alpha value is -1.24. The highest BCUT2D eigenvalue weighted by molar-refractivity contribution is 6.34. The van der Waals surface area contributed by atoms with Crippen LogP contribution in [0.25, 0.3) is 11.0 Å². The van der Waals surface area contributed by atoms with E-state index in [1.165, 1.54) is 0 Å². The summed E-state index contributed by atoms with van der Waals surface area (Å²) < 4.78 is 46.3. The van der Waals surface area contributed by atoms with Crippen molar-refractivity contribution in [2.45, 2.75) is 18.6 Å². The predicted molar refractivity (Wildman–Crippen MR) is 74.5 cm³/mol. The van der Waals surface area contributed by atoms with E-state index in [4.69, 9.17) is 16.0 Å². The van der Waals surface area contributed by atoms with E-state index in [1.54, 1.807) is 13.1 Å². The van der Waals surface area contributed by atoms with E-state index in [9.17, 15) is 13.2 Å². The summed E-state index contributed by atoms with van der Waals surface area (Å²) in [4.78, 5) is 0. The van der Waals surface area contributed by atoms with Gasteiger partial charge in [0.15, 0.2) is 5.58 Å². The van der Waals surface area contributed by atoms with Crippen LogP contribution in [-0.4, -0.2) is 26.4 Å². The van der Waals surface area contributed by atoms with E-state index >= 15 is 0 Å². The average molecular weight is 322 g/mol. The molecule has 0 amide bonds. The second-order valence-corrected chi connectivity index (χ2v) is 5.01. The van der Waals surface area contributed by atoms with Crippen molar-refractivity contribution in [2.24, 2.45) is 0 Å². The Bertz CT molecular complexity index is 597. The quantitative estimate of drug-likeness (QED) is 0.805. The third-order valence-electron chi connectivity index (χ3n) is 3.02. The number of para-hydroxylation sites is 1. The van der Waals surface area contributed by atoms with Gasteiger partial charge in [-0.25, -0.2) is 0 Å². The van der Waals surface area contributed by atoms with Gasteiger partial charge in [0.1, 0.15) is 12.4 Å². The lowest BCUT2D eigenvalue weighted by Gasteiger charge is -2.14. The van der Waals surface area contributed by atoms with Crippen molar-refractivity contribution in [1.82, 2.24) is 5.32 Å². The zero-order chi connectivity index (χ0) is 15.5. The summed E-state index contributed by atoms with van der Waals surface area (Å²) in [6.07, 6.45) is -3.94. The molecule has 0 fully saturated rings. The first kappa shape index (κ1) is 16.1. The summed E-state index contributed by atoms with van der Waals surface area (Å²) in [5.74, 6) is 0.621. The van der Waals surface area contributed by atoms with Crippen LogP contribution in [0.1, 0.15) is 18.2 Å². The van der Waals surface area contributed by atoms with Crippen LogP contribution in [-0.2, 0) is 4.74 Å². The van der Waals surface area contributed by atoms with E-state index in [-0.39, 0.29) is 12.6 Å². The Balaban J connectivity index is 2.01. The first-order chi connectivity index (χ1) is 9.90. The van der Waals surface area contributed by atoms with Crippen LogP contribution in [0.2, 0.25) is 5.02 Å². The number of fused-ring (bicyclic) bond motifs is 1. The molecule has 0 saturated carbocycles. The summed E-state index contributed by atoms with van der Waals surface area (Å²) in [6, 6.07) is 6.98. The molecule has 0 aliphatic carbocycles. The molecule has 1 atom stereocenters. The number of alkyl halides is 3. The minimum Gasteiger partial charge on any atom is -0.458 e. The first-order valence-corrected chi connectivity index (χ1v) is 6.78. The number of nitrogens with one attached hydrogen (secondary N) is 1. The van der Waals surface area contributed by atoms with Gasteiger partial charge in [0, 0.05) is 12.0 Å². The van der Waals surface area contributed by atoms with Crippen LogP contribution in [0.5, 0.6) is 0 Å². The van der Waals surface area contributed by atoms with Gasteiger partial charge in [-0.2, -0.15) is 13.2 Å². The monoisotopic (exact) mass is 321 g/mol. The lowest BCUT2D eigenvalue weighted by molar-refractivity contribution is -0.174. The van der Waals surface area contributed by atoms with Gasteiger partial charge in [-0.3, -0.25) is 0 Å². The molecule has 0 spiro atoms. The lowest BCUT2D eigenvalue weighted by Crippen LogP contribution is -2.21. The summed E-state index contributed by atoms with van der Waals surface area (Å²) in [7, 11) is 1.71. The fraction of sp³-hybridized carbons (Fsp3) is 0.429. The van der Waals surface area contributed by atoms with Gasteiger partial charge in [0.05, 0.1) is 11.1 Å². The minimum atomic E-state index is -4.30. The maximum Gasteiger partial charge on any atom is 0.411 e. The van der Waals surface area contributed by atoms with Gasteiger partial charge in [0.2, 0.25) is 0 Å². The molecule has 2 aromatic rings. The number of hydrogen-bond acceptors (Lipinski definition) is 3. The van der Waals surface area contributed by atoms with Crippen LogP contribution in [0.4, 0.5) is 13.2 Å². The first-order valence-electron chi connectivity index (χ1n) is 6.40. The molecule has 0 radical (unpaired) electrons. The van der Waals surface area contributed by atoms with Crippen molar-refractivity contribution in [2.75, 3.05) is 20.3 Å². The van der Waals surface area contributed by atoms with Crippen LogP contribution < -0.4 is 5.32 Å². The largest absolute Gasteiger partial charge is 0.458 e. The second kappa shape index (κ2) is 6.68. The summed E-state index contributed by atoms with van der Waals surface area (Å²) >= 11 is 6.03. The minimum absolute atomic E-state index is 0.0181. The van der Waals surface area contributed by atoms with Gasteiger partial charge >= 0.3 is 6.18 Å². The number of rotatable bonds is 6. The highest BCUT2D eigenvalue weighted by Gasteiger charge is 2.27. The third-order valence-corrected chi connectivity index (χ3v) is 3.32. The molecule has 1 unspecified atom stereocenters. The molecule has 0 aliphatic heterocycles. The van der Waals surface area contributed by atoms with Crippen molar-refractivity contribution in [3.8, 4) is 0 Å². The Kier molecular flexibility index (Phi) is 5.13. The third kappa shape index (κ3) is 4.36. The summed E-state index contributed by atoms with van der Waals surface area (Å²) in [5.41, 5.74) is 0.575. The van der Waals surface area contributed by atoms with Crippen LogP contribution >= 0.6 is 11.6 Å². The molecular formula is C14H15ClF3NO2. The molecular weight excluding hydrogens is 307 g/mol. The number of ether oxygens (including phenoxy) is 1. The lowest BCUT2D eigenvalue weighted by atomic mass is 10.1. The fourth-order valence-electron chi connectivity index (χ4n) is 2.04. The Morgan fingerprint density at radius 3 is 2.76 bits per heavy atom. The zero-order valence-electron chi connectivity index (χ0n) is 11.3. The molecule has 3 nitrogen and oxygen atoms in total. The average Bonchev–Trinajstić information content (AvgIpc) is 2.83. The van der Waals surface area contributed by atoms with E-state index < -0.39 is 12.8 Å². The van der Waals surface area contributed by atoms with Crippen molar-refractivity contribution in [3.63, 3.8) is 0 Å². The van der Waals surface area contributed by atoms with E-state index in [2.05, 4.69) is 10.1 Å². The van der Waals surface area contributed by atoms with Crippen LogP contribution in [0.3, 0.4) is 0 Å². The van der Waals surface area contributed by atoms with Gasteiger partial charge in [0.25, 0.3) is 0 Å². The predicted octanol–water partition coefficient (Wildman–Crippen LogP) is 4.32. The normalized spacial score (nSPS) is 13.8. The Morgan fingerprint density at radius 2 is 2.14 bits per heavy atom. The summed E-state index contributed by atoms with van der Waals surface area (Å²) in [6.45, 7) is -1.26. The number of furan rings is 1. The second-order valence-electron chi connectivity index (χ2n) is 4.60. The molecule has 0 bridgehead atoms. The molecule has 0 aliphatic rings. The standard InChI is InChI=1S/C14H15ClF3NO2/c1-19-11(5-6-20-8-14(16,17)18)12-7-9-3-2-4-10(15)13(9)21-12/h2-4,7,11,19H,5-6,8H2,1H3. The Labute approximate surface area is 125 Å². The maximum atomic E-state index is 12.0. The van der Waals surface area contributed by atoms with Gasteiger partial charge in [-0.05, 0) is 25.6 Å².